The second-order valence-corrected chi connectivity index (χ2v) is 4.03. The highest BCUT2D eigenvalue weighted by Crippen LogP contribution is 2.37. The lowest BCUT2D eigenvalue weighted by Gasteiger charge is -2.26. The first kappa shape index (κ1) is 10.4. The highest BCUT2D eigenvalue weighted by Gasteiger charge is 2.49. The predicted octanol–water partition coefficient (Wildman–Crippen LogP) is 1.03. The van der Waals surface area contributed by atoms with Gasteiger partial charge in [-0.05, 0) is 26.2 Å². The van der Waals surface area contributed by atoms with Gasteiger partial charge in [-0.1, -0.05) is 0 Å². The molecule has 4 heteroatoms. The fourth-order valence-corrected chi connectivity index (χ4v) is 2.27. The third kappa shape index (κ3) is 1.80. The Labute approximate surface area is 84.1 Å². The summed E-state index contributed by atoms with van der Waals surface area (Å²) >= 11 is 0. The zero-order valence-electron chi connectivity index (χ0n) is 8.73. The summed E-state index contributed by atoms with van der Waals surface area (Å²) in [4.78, 5) is 0. The van der Waals surface area contributed by atoms with E-state index in [9.17, 15) is 5.11 Å². The standard InChI is InChI=1S/C10H18O4/c1-3-12-10(2)13-8-6-4-5-7(11)9(8)14-10/h7-9,11H,3-6H2,1-2H3. The molecule has 1 heterocycles. The van der Waals surface area contributed by atoms with E-state index in [1.54, 1.807) is 6.92 Å². The molecule has 0 bridgehead atoms. The van der Waals surface area contributed by atoms with Crippen LogP contribution in [0.4, 0.5) is 0 Å². The van der Waals surface area contributed by atoms with Gasteiger partial charge in [0.1, 0.15) is 6.10 Å². The van der Waals surface area contributed by atoms with Gasteiger partial charge in [-0.2, -0.15) is 0 Å². The van der Waals surface area contributed by atoms with Crippen LogP contribution in [-0.2, 0) is 14.2 Å². The van der Waals surface area contributed by atoms with Crippen molar-refractivity contribution in [1.29, 1.82) is 0 Å². The Kier molecular flexibility index (Phi) is 2.79. The van der Waals surface area contributed by atoms with Crippen LogP contribution in [0.3, 0.4) is 0 Å². The number of fused-ring (bicyclic) bond motifs is 1. The molecule has 0 aromatic rings. The molecule has 4 nitrogen and oxygen atoms in total. The average Bonchev–Trinajstić information content (AvgIpc) is 2.44. The Hall–Kier alpha value is -0.160. The van der Waals surface area contributed by atoms with E-state index in [4.69, 9.17) is 14.2 Å². The maximum Gasteiger partial charge on any atom is 0.280 e. The number of aliphatic hydroxyl groups is 1. The second-order valence-electron chi connectivity index (χ2n) is 4.03. The van der Waals surface area contributed by atoms with E-state index in [2.05, 4.69) is 0 Å². The van der Waals surface area contributed by atoms with E-state index in [-0.39, 0.29) is 12.2 Å². The molecule has 0 amide bonds. The van der Waals surface area contributed by atoms with Gasteiger partial charge >= 0.3 is 0 Å². The third-order valence-electron chi connectivity index (χ3n) is 2.86. The molecular formula is C10H18O4. The highest BCUT2D eigenvalue weighted by molar-refractivity contribution is 4.89. The summed E-state index contributed by atoms with van der Waals surface area (Å²) in [6.45, 7) is 4.21. The first-order valence-electron chi connectivity index (χ1n) is 5.32. The molecule has 0 aromatic heterocycles. The minimum absolute atomic E-state index is 0.00435. The minimum atomic E-state index is -0.949. The fourth-order valence-electron chi connectivity index (χ4n) is 2.27. The number of aliphatic hydroxyl groups excluding tert-OH is 1. The highest BCUT2D eigenvalue weighted by atomic mass is 16.9. The second kappa shape index (κ2) is 3.77. The SMILES string of the molecule is CCOC1(C)OC2CCCC(O)C2O1. The van der Waals surface area contributed by atoms with Gasteiger partial charge in [-0.15, -0.1) is 0 Å². The molecule has 1 N–H and O–H groups in total. The van der Waals surface area contributed by atoms with E-state index < -0.39 is 12.1 Å². The van der Waals surface area contributed by atoms with Crippen LogP contribution in [0, 0.1) is 0 Å². The van der Waals surface area contributed by atoms with Gasteiger partial charge in [0.2, 0.25) is 0 Å². The molecule has 0 aromatic carbocycles. The van der Waals surface area contributed by atoms with Gasteiger partial charge in [-0.3, -0.25) is 0 Å². The molecule has 0 radical (unpaired) electrons. The van der Waals surface area contributed by atoms with E-state index >= 15 is 0 Å². The van der Waals surface area contributed by atoms with Crippen molar-refractivity contribution in [3.8, 4) is 0 Å². The summed E-state index contributed by atoms with van der Waals surface area (Å²) in [6, 6.07) is 0. The van der Waals surface area contributed by atoms with Crippen LogP contribution in [0.2, 0.25) is 0 Å². The molecule has 1 saturated carbocycles. The number of ether oxygens (including phenoxy) is 3. The van der Waals surface area contributed by atoms with Crippen LogP contribution in [0.1, 0.15) is 33.1 Å². The molecule has 1 saturated heterocycles. The lowest BCUT2D eigenvalue weighted by molar-refractivity contribution is -0.330. The van der Waals surface area contributed by atoms with Gasteiger partial charge in [0.05, 0.1) is 12.2 Å². The molecule has 2 rings (SSSR count). The maximum absolute atomic E-state index is 9.72. The van der Waals surface area contributed by atoms with E-state index in [0.29, 0.717) is 6.61 Å². The summed E-state index contributed by atoms with van der Waals surface area (Å²) in [5.41, 5.74) is 0. The normalized spacial score (nSPS) is 47.8. The predicted molar refractivity (Wildman–Crippen MR) is 49.6 cm³/mol. The molecule has 14 heavy (non-hydrogen) atoms. The molecule has 1 aliphatic carbocycles. The van der Waals surface area contributed by atoms with E-state index in [1.165, 1.54) is 0 Å². The molecule has 4 atom stereocenters. The van der Waals surface area contributed by atoms with E-state index in [1.807, 2.05) is 6.92 Å². The molecule has 82 valence electrons. The molecule has 4 unspecified atom stereocenters. The minimum Gasteiger partial charge on any atom is -0.390 e. The Morgan fingerprint density at radius 3 is 2.86 bits per heavy atom. The zero-order valence-corrected chi connectivity index (χ0v) is 8.73. The average molecular weight is 202 g/mol. The van der Waals surface area contributed by atoms with Crippen molar-refractivity contribution in [2.24, 2.45) is 0 Å². The quantitative estimate of drug-likeness (QED) is 0.726. The first-order valence-corrected chi connectivity index (χ1v) is 5.32. The summed E-state index contributed by atoms with van der Waals surface area (Å²) in [5, 5.41) is 9.72. The lowest BCUT2D eigenvalue weighted by Crippen LogP contribution is -2.39. The molecule has 2 aliphatic rings. The zero-order chi connectivity index (χ0) is 10.2. The molecular weight excluding hydrogens is 184 g/mol. The maximum atomic E-state index is 9.72. The molecule has 0 spiro atoms. The van der Waals surface area contributed by atoms with Crippen molar-refractivity contribution in [2.75, 3.05) is 6.61 Å². The van der Waals surface area contributed by atoms with Crippen molar-refractivity contribution in [2.45, 2.75) is 57.4 Å². The van der Waals surface area contributed by atoms with Crippen LogP contribution >= 0.6 is 0 Å². The van der Waals surface area contributed by atoms with Gasteiger partial charge in [0.15, 0.2) is 0 Å². The monoisotopic (exact) mass is 202 g/mol. The van der Waals surface area contributed by atoms with Gasteiger partial charge in [0, 0.05) is 13.5 Å². The van der Waals surface area contributed by atoms with Gasteiger partial charge < -0.3 is 19.3 Å². The van der Waals surface area contributed by atoms with Crippen molar-refractivity contribution in [3.05, 3.63) is 0 Å². The Balaban J connectivity index is 2.03. The van der Waals surface area contributed by atoms with Crippen LogP contribution in [0.15, 0.2) is 0 Å². The first-order chi connectivity index (χ1) is 6.64. The fraction of sp³-hybridized carbons (Fsp3) is 1.00. The van der Waals surface area contributed by atoms with Crippen LogP contribution in [0.25, 0.3) is 0 Å². The van der Waals surface area contributed by atoms with Crippen molar-refractivity contribution in [3.63, 3.8) is 0 Å². The molecule has 2 fully saturated rings. The van der Waals surface area contributed by atoms with Crippen LogP contribution in [-0.4, -0.2) is 36.0 Å². The largest absolute Gasteiger partial charge is 0.390 e. The summed E-state index contributed by atoms with van der Waals surface area (Å²) in [7, 11) is 0. The van der Waals surface area contributed by atoms with Crippen LogP contribution in [0.5, 0.6) is 0 Å². The van der Waals surface area contributed by atoms with Gasteiger partial charge in [-0.25, -0.2) is 0 Å². The Morgan fingerprint density at radius 2 is 2.21 bits per heavy atom. The van der Waals surface area contributed by atoms with Crippen molar-refractivity contribution in [1.82, 2.24) is 0 Å². The number of rotatable bonds is 2. The summed E-state index contributed by atoms with van der Waals surface area (Å²) in [6.07, 6.45) is 2.12. The smallest absolute Gasteiger partial charge is 0.280 e. The number of hydrogen-bond donors (Lipinski definition) is 1. The van der Waals surface area contributed by atoms with Crippen molar-refractivity contribution < 1.29 is 19.3 Å². The number of hydrogen-bond acceptors (Lipinski definition) is 4. The lowest BCUT2D eigenvalue weighted by atomic mass is 9.92. The van der Waals surface area contributed by atoms with Crippen molar-refractivity contribution >= 4 is 0 Å². The topological polar surface area (TPSA) is 47.9 Å². The van der Waals surface area contributed by atoms with Gasteiger partial charge in [0.25, 0.3) is 5.97 Å². The summed E-state index contributed by atoms with van der Waals surface area (Å²) in [5.74, 6) is -0.949. The molecule has 1 aliphatic heterocycles. The Bertz CT molecular complexity index is 208. The Morgan fingerprint density at radius 1 is 1.43 bits per heavy atom. The van der Waals surface area contributed by atoms with Crippen LogP contribution < -0.4 is 0 Å². The third-order valence-corrected chi connectivity index (χ3v) is 2.86. The summed E-state index contributed by atoms with van der Waals surface area (Å²) < 4.78 is 16.6. The van der Waals surface area contributed by atoms with E-state index in [0.717, 1.165) is 19.3 Å².